The average Bonchev–Trinajstić information content (AvgIpc) is 3.14. The number of amides is 2. The monoisotopic (exact) mass is 418 g/mol. The molecule has 2 atom stereocenters. The van der Waals surface area contributed by atoms with Crippen molar-refractivity contribution in [2.45, 2.75) is 31.8 Å². The Kier molecular flexibility index (Phi) is 4.50. The van der Waals surface area contributed by atoms with Crippen LogP contribution in [0.3, 0.4) is 0 Å². The molecule has 158 valence electrons. The number of rotatable bonds is 4. The van der Waals surface area contributed by atoms with Gasteiger partial charge in [-0.15, -0.1) is 0 Å². The highest BCUT2D eigenvalue weighted by Gasteiger charge is 2.48. The van der Waals surface area contributed by atoms with Crippen molar-refractivity contribution in [2.75, 3.05) is 13.1 Å². The van der Waals surface area contributed by atoms with Crippen molar-refractivity contribution < 1.29 is 14.5 Å². The Morgan fingerprint density at radius 1 is 1.16 bits per heavy atom. The van der Waals surface area contributed by atoms with E-state index >= 15 is 0 Å². The van der Waals surface area contributed by atoms with Gasteiger partial charge in [-0.3, -0.25) is 19.7 Å². The van der Waals surface area contributed by atoms with Gasteiger partial charge in [-0.05, 0) is 23.6 Å². The van der Waals surface area contributed by atoms with Gasteiger partial charge >= 0.3 is 0 Å². The standard InChI is InChI=1S/C23H22N4O4/c1-2-10-25-13-20(28)26-19(23(25)29)12-17-16-8-3-4-9-18(16)24-21(17)22(26)14-6-5-7-15(11-14)27(30)31/h3-9,11,19,22,24H,2,10,12-13H2,1H3/t19-,22-/m1/s1. The van der Waals surface area contributed by atoms with Crippen LogP contribution in [-0.2, 0) is 16.0 Å². The van der Waals surface area contributed by atoms with Gasteiger partial charge in [0.25, 0.3) is 5.69 Å². The van der Waals surface area contributed by atoms with Crippen molar-refractivity contribution >= 4 is 28.4 Å². The fourth-order valence-corrected chi connectivity index (χ4v) is 4.94. The van der Waals surface area contributed by atoms with Crippen LogP contribution in [0.2, 0.25) is 0 Å². The minimum Gasteiger partial charge on any atom is -0.356 e. The molecule has 8 nitrogen and oxygen atoms in total. The Morgan fingerprint density at radius 3 is 2.74 bits per heavy atom. The summed E-state index contributed by atoms with van der Waals surface area (Å²) in [4.78, 5) is 44.2. The van der Waals surface area contributed by atoms with Crippen LogP contribution in [-0.4, -0.2) is 50.7 Å². The number of nitrogens with zero attached hydrogens (tertiary/aromatic N) is 3. The molecule has 3 aromatic rings. The molecule has 1 aromatic heterocycles. The molecule has 31 heavy (non-hydrogen) atoms. The first-order valence-corrected chi connectivity index (χ1v) is 10.4. The first-order chi connectivity index (χ1) is 15.0. The molecule has 0 unspecified atom stereocenters. The number of nitro benzene ring substituents is 1. The Bertz CT molecular complexity index is 1220. The number of carbonyl (C=O) groups is 2. The van der Waals surface area contributed by atoms with E-state index in [1.807, 2.05) is 31.2 Å². The first kappa shape index (κ1) is 19.3. The van der Waals surface area contributed by atoms with Crippen molar-refractivity contribution in [3.63, 3.8) is 0 Å². The topological polar surface area (TPSA) is 99.5 Å². The van der Waals surface area contributed by atoms with Crippen molar-refractivity contribution in [1.82, 2.24) is 14.8 Å². The van der Waals surface area contributed by atoms with Crippen LogP contribution >= 0.6 is 0 Å². The lowest BCUT2D eigenvalue weighted by molar-refractivity contribution is -0.384. The van der Waals surface area contributed by atoms with Crippen LogP contribution in [0.4, 0.5) is 5.69 Å². The van der Waals surface area contributed by atoms with E-state index in [1.165, 1.54) is 12.1 Å². The molecular weight excluding hydrogens is 396 g/mol. The van der Waals surface area contributed by atoms with Gasteiger partial charge in [0, 0.05) is 41.7 Å². The van der Waals surface area contributed by atoms with Gasteiger partial charge in [0.05, 0.1) is 17.5 Å². The number of benzene rings is 2. The predicted molar refractivity (Wildman–Crippen MR) is 114 cm³/mol. The summed E-state index contributed by atoms with van der Waals surface area (Å²) < 4.78 is 0. The molecular formula is C23H22N4O4. The second kappa shape index (κ2) is 7.23. The lowest BCUT2D eigenvalue weighted by atomic mass is 9.86. The summed E-state index contributed by atoms with van der Waals surface area (Å²) in [6, 6.07) is 13.0. The Labute approximate surface area is 178 Å². The fraction of sp³-hybridized carbons (Fsp3) is 0.304. The smallest absolute Gasteiger partial charge is 0.269 e. The number of carbonyl (C=O) groups excluding carboxylic acids is 2. The molecule has 2 aliphatic rings. The van der Waals surface area contributed by atoms with Crippen LogP contribution < -0.4 is 0 Å². The Balaban J connectivity index is 1.71. The van der Waals surface area contributed by atoms with Crippen LogP contribution in [0.15, 0.2) is 48.5 Å². The van der Waals surface area contributed by atoms with Crippen LogP contribution in [0.5, 0.6) is 0 Å². The molecule has 1 N–H and O–H groups in total. The molecule has 2 aliphatic heterocycles. The van der Waals surface area contributed by atoms with Gasteiger partial charge in [0.15, 0.2) is 0 Å². The van der Waals surface area contributed by atoms with Crippen molar-refractivity contribution in [2.24, 2.45) is 0 Å². The zero-order chi connectivity index (χ0) is 21.7. The Hall–Kier alpha value is -3.68. The molecule has 2 aromatic carbocycles. The zero-order valence-corrected chi connectivity index (χ0v) is 17.1. The van der Waals surface area contributed by atoms with Crippen molar-refractivity contribution in [3.05, 3.63) is 75.5 Å². The molecule has 0 bridgehead atoms. The van der Waals surface area contributed by atoms with Gasteiger partial charge in [-0.1, -0.05) is 37.3 Å². The second-order valence-corrected chi connectivity index (χ2v) is 8.10. The predicted octanol–water partition coefficient (Wildman–Crippen LogP) is 3.17. The lowest BCUT2D eigenvalue weighted by Gasteiger charge is -2.47. The van der Waals surface area contributed by atoms with E-state index in [0.717, 1.165) is 28.6 Å². The number of aromatic amines is 1. The van der Waals surface area contributed by atoms with Gasteiger partial charge in [-0.25, -0.2) is 0 Å². The normalized spacial score (nSPS) is 20.7. The number of piperazine rings is 1. The molecule has 1 fully saturated rings. The summed E-state index contributed by atoms with van der Waals surface area (Å²) in [5.41, 5.74) is 3.32. The number of fused-ring (bicyclic) bond motifs is 4. The number of aromatic nitrogens is 1. The van der Waals surface area contributed by atoms with E-state index in [1.54, 1.807) is 21.9 Å². The molecule has 1 saturated heterocycles. The molecule has 5 rings (SSSR count). The lowest BCUT2D eigenvalue weighted by Crippen LogP contribution is -2.63. The maximum Gasteiger partial charge on any atom is 0.269 e. The van der Waals surface area contributed by atoms with Gasteiger partial charge in [-0.2, -0.15) is 0 Å². The molecule has 0 spiro atoms. The van der Waals surface area contributed by atoms with E-state index in [9.17, 15) is 19.7 Å². The highest BCUT2D eigenvalue weighted by molar-refractivity contribution is 5.97. The summed E-state index contributed by atoms with van der Waals surface area (Å²) in [6.07, 6.45) is 1.20. The van der Waals surface area contributed by atoms with Gasteiger partial charge in [0.2, 0.25) is 11.8 Å². The number of hydrogen-bond donors (Lipinski definition) is 1. The van der Waals surface area contributed by atoms with Gasteiger partial charge < -0.3 is 14.8 Å². The van der Waals surface area contributed by atoms with Crippen LogP contribution in [0, 0.1) is 10.1 Å². The third-order valence-corrected chi connectivity index (χ3v) is 6.23. The summed E-state index contributed by atoms with van der Waals surface area (Å²) in [5, 5.41) is 12.4. The summed E-state index contributed by atoms with van der Waals surface area (Å²) in [5.74, 6) is -0.202. The van der Waals surface area contributed by atoms with E-state index < -0.39 is 17.0 Å². The fourth-order valence-electron chi connectivity index (χ4n) is 4.94. The number of non-ortho nitro benzene ring substituents is 1. The molecule has 0 radical (unpaired) electrons. The number of para-hydroxylation sites is 1. The van der Waals surface area contributed by atoms with Crippen LogP contribution in [0.1, 0.15) is 36.2 Å². The highest BCUT2D eigenvalue weighted by Crippen LogP contribution is 2.43. The number of H-pyrrole nitrogens is 1. The van der Waals surface area contributed by atoms with Crippen LogP contribution in [0.25, 0.3) is 10.9 Å². The molecule has 8 heteroatoms. The average molecular weight is 418 g/mol. The first-order valence-electron chi connectivity index (χ1n) is 10.4. The quantitative estimate of drug-likeness (QED) is 0.520. The summed E-state index contributed by atoms with van der Waals surface area (Å²) in [6.45, 7) is 2.55. The maximum atomic E-state index is 13.3. The maximum absolute atomic E-state index is 13.3. The Morgan fingerprint density at radius 2 is 1.97 bits per heavy atom. The molecule has 0 saturated carbocycles. The minimum absolute atomic E-state index is 0.0319. The van der Waals surface area contributed by atoms with E-state index in [2.05, 4.69) is 4.98 Å². The van der Waals surface area contributed by atoms with Crippen molar-refractivity contribution in [3.8, 4) is 0 Å². The number of nitro groups is 1. The molecule has 3 heterocycles. The third kappa shape index (κ3) is 2.98. The minimum atomic E-state index is -0.622. The SMILES string of the molecule is CCCN1CC(=O)N2[C@H](c3cccc([N+](=O)[O-])c3)c3[nH]c4ccccc4c3C[C@@H]2C1=O. The van der Waals surface area contributed by atoms with E-state index in [4.69, 9.17) is 0 Å². The van der Waals surface area contributed by atoms with E-state index in [-0.39, 0.29) is 24.0 Å². The van der Waals surface area contributed by atoms with E-state index in [0.29, 0.717) is 18.5 Å². The van der Waals surface area contributed by atoms with Crippen molar-refractivity contribution in [1.29, 1.82) is 0 Å². The molecule has 2 amide bonds. The number of nitrogens with one attached hydrogen (secondary N) is 1. The number of hydrogen-bond acceptors (Lipinski definition) is 4. The van der Waals surface area contributed by atoms with Gasteiger partial charge in [0.1, 0.15) is 6.04 Å². The third-order valence-electron chi connectivity index (χ3n) is 6.23. The molecule has 0 aliphatic carbocycles. The zero-order valence-electron chi connectivity index (χ0n) is 17.1. The summed E-state index contributed by atoms with van der Waals surface area (Å²) in [7, 11) is 0. The summed E-state index contributed by atoms with van der Waals surface area (Å²) >= 11 is 0. The highest BCUT2D eigenvalue weighted by atomic mass is 16.6. The largest absolute Gasteiger partial charge is 0.356 e. The second-order valence-electron chi connectivity index (χ2n) is 8.10.